The van der Waals surface area contributed by atoms with E-state index in [0.717, 1.165) is 5.69 Å². The quantitative estimate of drug-likeness (QED) is 0.715. The summed E-state index contributed by atoms with van der Waals surface area (Å²) < 4.78 is 19.9. The van der Waals surface area contributed by atoms with Crippen molar-refractivity contribution in [2.24, 2.45) is 0 Å². The van der Waals surface area contributed by atoms with E-state index in [1.165, 1.54) is 18.5 Å². The first-order valence-electron chi connectivity index (χ1n) is 7.09. The number of aliphatic hydroxyl groups excluding tert-OH is 1. The van der Waals surface area contributed by atoms with Crippen molar-refractivity contribution in [3.05, 3.63) is 48.2 Å². The van der Waals surface area contributed by atoms with Crippen molar-refractivity contribution >= 4 is 11.6 Å². The molecule has 2 N–H and O–H groups in total. The standard InChI is InChI=1S/C15H16FN5O2/c1-10-5-14(21-15(20-10)18-9-19-21)17-7-12(22)8-23-13-4-2-3-11(16)6-13/h2-6,9,12,17,22H,7-8H2,1H3. The first kappa shape index (κ1) is 15.2. The zero-order valence-electron chi connectivity index (χ0n) is 12.5. The van der Waals surface area contributed by atoms with Crippen LogP contribution in [-0.2, 0) is 0 Å². The fourth-order valence-electron chi connectivity index (χ4n) is 2.09. The van der Waals surface area contributed by atoms with Gasteiger partial charge >= 0.3 is 0 Å². The zero-order valence-corrected chi connectivity index (χ0v) is 12.5. The van der Waals surface area contributed by atoms with Crippen molar-refractivity contribution in [1.29, 1.82) is 0 Å². The number of fused-ring (bicyclic) bond motifs is 1. The summed E-state index contributed by atoms with van der Waals surface area (Å²) in [6, 6.07) is 7.60. The Balaban J connectivity index is 1.58. The molecule has 23 heavy (non-hydrogen) atoms. The van der Waals surface area contributed by atoms with Crippen LogP contribution in [-0.4, -0.2) is 43.9 Å². The molecule has 7 nitrogen and oxygen atoms in total. The molecule has 0 aliphatic rings. The summed E-state index contributed by atoms with van der Waals surface area (Å²) in [5.41, 5.74) is 0.790. The number of hydrogen-bond donors (Lipinski definition) is 2. The molecule has 0 radical (unpaired) electrons. The molecule has 3 rings (SSSR count). The Morgan fingerprint density at radius 2 is 2.26 bits per heavy atom. The molecule has 3 aromatic rings. The third kappa shape index (κ3) is 3.72. The maximum absolute atomic E-state index is 13.0. The Bertz CT molecular complexity index is 807. The Morgan fingerprint density at radius 1 is 1.39 bits per heavy atom. The van der Waals surface area contributed by atoms with Gasteiger partial charge in [0.2, 0.25) is 0 Å². The van der Waals surface area contributed by atoms with Crippen LogP contribution in [0.3, 0.4) is 0 Å². The van der Waals surface area contributed by atoms with E-state index in [2.05, 4.69) is 20.4 Å². The number of aliphatic hydroxyl groups is 1. The molecule has 120 valence electrons. The highest BCUT2D eigenvalue weighted by Gasteiger charge is 2.09. The minimum absolute atomic E-state index is 0.0427. The van der Waals surface area contributed by atoms with Gasteiger partial charge in [-0.1, -0.05) is 6.07 Å². The fraction of sp³-hybridized carbons (Fsp3) is 0.267. The van der Waals surface area contributed by atoms with Gasteiger partial charge in [-0.05, 0) is 19.1 Å². The largest absolute Gasteiger partial charge is 0.491 e. The minimum Gasteiger partial charge on any atom is -0.491 e. The van der Waals surface area contributed by atoms with Crippen LogP contribution in [0.15, 0.2) is 36.7 Å². The highest BCUT2D eigenvalue weighted by Crippen LogP contribution is 2.13. The van der Waals surface area contributed by atoms with Crippen molar-refractivity contribution in [3.63, 3.8) is 0 Å². The van der Waals surface area contributed by atoms with Gasteiger partial charge in [0, 0.05) is 24.4 Å². The van der Waals surface area contributed by atoms with E-state index in [1.807, 2.05) is 13.0 Å². The SMILES string of the molecule is Cc1cc(NCC(O)COc2cccc(F)c2)n2ncnc2n1. The molecular formula is C15H16FN5O2. The molecule has 1 atom stereocenters. The Hall–Kier alpha value is -2.74. The predicted molar refractivity (Wildman–Crippen MR) is 81.9 cm³/mol. The molecule has 2 aromatic heterocycles. The van der Waals surface area contributed by atoms with Gasteiger partial charge in [0.15, 0.2) is 0 Å². The molecule has 1 unspecified atom stereocenters. The van der Waals surface area contributed by atoms with E-state index in [0.29, 0.717) is 17.3 Å². The summed E-state index contributed by atoms with van der Waals surface area (Å²) in [6.45, 7) is 2.14. The second-order valence-electron chi connectivity index (χ2n) is 5.06. The number of aromatic nitrogens is 4. The van der Waals surface area contributed by atoms with Crippen LogP contribution < -0.4 is 10.1 Å². The summed E-state index contributed by atoms with van der Waals surface area (Å²) in [5.74, 6) is 1.16. The second-order valence-corrected chi connectivity index (χ2v) is 5.06. The number of ether oxygens (including phenoxy) is 1. The Labute approximate surface area is 131 Å². The van der Waals surface area contributed by atoms with Crippen molar-refractivity contribution in [3.8, 4) is 5.75 Å². The van der Waals surface area contributed by atoms with E-state index < -0.39 is 6.10 Å². The number of rotatable bonds is 6. The van der Waals surface area contributed by atoms with Crippen molar-refractivity contribution < 1.29 is 14.2 Å². The highest BCUT2D eigenvalue weighted by atomic mass is 19.1. The molecule has 0 saturated heterocycles. The zero-order chi connectivity index (χ0) is 16.2. The van der Waals surface area contributed by atoms with Crippen molar-refractivity contribution in [2.75, 3.05) is 18.5 Å². The molecule has 1 aromatic carbocycles. The van der Waals surface area contributed by atoms with Gasteiger partial charge in [-0.25, -0.2) is 9.37 Å². The van der Waals surface area contributed by atoms with E-state index in [4.69, 9.17) is 4.74 Å². The molecule has 8 heteroatoms. The fourth-order valence-corrected chi connectivity index (χ4v) is 2.09. The summed E-state index contributed by atoms with van der Waals surface area (Å²) in [5, 5.41) is 17.1. The lowest BCUT2D eigenvalue weighted by Crippen LogP contribution is -2.27. The van der Waals surface area contributed by atoms with Crippen LogP contribution in [0.4, 0.5) is 10.2 Å². The highest BCUT2D eigenvalue weighted by molar-refractivity contribution is 5.44. The van der Waals surface area contributed by atoms with Crippen LogP contribution in [0.2, 0.25) is 0 Å². The molecular weight excluding hydrogens is 301 g/mol. The van der Waals surface area contributed by atoms with Gasteiger partial charge in [-0.2, -0.15) is 14.6 Å². The van der Waals surface area contributed by atoms with E-state index in [1.54, 1.807) is 16.6 Å². The van der Waals surface area contributed by atoms with Crippen LogP contribution >= 0.6 is 0 Å². The van der Waals surface area contributed by atoms with Gasteiger partial charge in [0.1, 0.15) is 36.4 Å². The van der Waals surface area contributed by atoms with Crippen LogP contribution in [0.1, 0.15) is 5.69 Å². The van der Waals surface area contributed by atoms with E-state index >= 15 is 0 Å². The van der Waals surface area contributed by atoms with Gasteiger partial charge < -0.3 is 15.2 Å². The van der Waals surface area contributed by atoms with Crippen LogP contribution in [0.25, 0.3) is 5.78 Å². The molecule has 0 amide bonds. The first-order valence-corrected chi connectivity index (χ1v) is 7.09. The van der Waals surface area contributed by atoms with E-state index in [9.17, 15) is 9.50 Å². The molecule has 0 fully saturated rings. The molecule has 0 bridgehead atoms. The molecule has 0 spiro atoms. The first-order chi connectivity index (χ1) is 11.1. The molecule has 0 aliphatic heterocycles. The lowest BCUT2D eigenvalue weighted by atomic mass is 10.3. The smallest absolute Gasteiger partial charge is 0.254 e. The lowest BCUT2D eigenvalue weighted by Gasteiger charge is -2.14. The number of benzene rings is 1. The number of nitrogens with one attached hydrogen (secondary N) is 1. The van der Waals surface area contributed by atoms with Gasteiger partial charge in [-0.3, -0.25) is 0 Å². The molecule has 0 saturated carbocycles. The Kier molecular flexibility index (Phi) is 4.33. The monoisotopic (exact) mass is 317 g/mol. The van der Waals surface area contributed by atoms with Crippen molar-refractivity contribution in [2.45, 2.75) is 13.0 Å². The normalized spacial score (nSPS) is 12.3. The summed E-state index contributed by atoms with van der Waals surface area (Å²) in [6.07, 6.45) is 0.640. The minimum atomic E-state index is -0.773. The number of halogens is 1. The van der Waals surface area contributed by atoms with Crippen LogP contribution in [0, 0.1) is 12.7 Å². The van der Waals surface area contributed by atoms with Gasteiger partial charge in [0.05, 0.1) is 0 Å². The average molecular weight is 317 g/mol. The van der Waals surface area contributed by atoms with Gasteiger partial charge in [-0.15, -0.1) is 0 Å². The maximum Gasteiger partial charge on any atom is 0.254 e. The van der Waals surface area contributed by atoms with Gasteiger partial charge in [0.25, 0.3) is 5.78 Å². The number of anilines is 1. The molecule has 2 heterocycles. The summed E-state index contributed by atoms with van der Waals surface area (Å²) >= 11 is 0. The summed E-state index contributed by atoms with van der Waals surface area (Å²) in [4.78, 5) is 8.26. The summed E-state index contributed by atoms with van der Waals surface area (Å²) in [7, 11) is 0. The van der Waals surface area contributed by atoms with Crippen LogP contribution in [0.5, 0.6) is 5.75 Å². The Morgan fingerprint density at radius 3 is 3.09 bits per heavy atom. The topological polar surface area (TPSA) is 84.6 Å². The third-order valence-corrected chi connectivity index (χ3v) is 3.14. The molecule has 0 aliphatic carbocycles. The number of aryl methyl sites for hydroxylation is 1. The number of hydrogen-bond acceptors (Lipinski definition) is 6. The van der Waals surface area contributed by atoms with Crippen molar-refractivity contribution in [1.82, 2.24) is 19.6 Å². The maximum atomic E-state index is 13.0. The second kappa shape index (κ2) is 6.57. The predicted octanol–water partition coefficient (Wildman–Crippen LogP) is 1.42. The third-order valence-electron chi connectivity index (χ3n) is 3.14. The average Bonchev–Trinajstić information content (AvgIpc) is 2.99. The number of nitrogens with zero attached hydrogens (tertiary/aromatic N) is 4. The van der Waals surface area contributed by atoms with E-state index in [-0.39, 0.29) is 19.0 Å². The lowest BCUT2D eigenvalue weighted by molar-refractivity contribution is 0.117.